The summed E-state index contributed by atoms with van der Waals surface area (Å²) < 4.78 is 7.20. The highest BCUT2D eigenvalue weighted by molar-refractivity contribution is 7.13. The molecule has 3 heterocycles. The second kappa shape index (κ2) is 7.90. The number of nitrogens with two attached hydrogens (primary N) is 1. The number of rotatable bonds is 4. The van der Waals surface area contributed by atoms with E-state index in [0.29, 0.717) is 33.2 Å². The van der Waals surface area contributed by atoms with Gasteiger partial charge in [0.2, 0.25) is 5.43 Å². The van der Waals surface area contributed by atoms with E-state index in [-0.39, 0.29) is 5.43 Å². The van der Waals surface area contributed by atoms with E-state index in [2.05, 4.69) is 14.8 Å². The lowest BCUT2D eigenvalue weighted by Gasteiger charge is -2.36. The first-order chi connectivity index (χ1) is 15.5. The molecule has 0 unspecified atom stereocenters. The fraction of sp³-hybridized carbons (Fsp3) is 0.304. The van der Waals surface area contributed by atoms with Gasteiger partial charge in [0, 0.05) is 37.8 Å². The number of nitrogens with zero attached hydrogens (tertiary/aromatic N) is 4. The Bertz CT molecular complexity index is 1360. The molecule has 4 aromatic rings. The first kappa shape index (κ1) is 20.4. The van der Waals surface area contributed by atoms with Crippen molar-refractivity contribution in [2.75, 3.05) is 55.9 Å². The van der Waals surface area contributed by atoms with E-state index in [1.165, 1.54) is 0 Å². The zero-order chi connectivity index (χ0) is 22.4. The first-order valence-corrected chi connectivity index (χ1v) is 11.3. The number of aryl methyl sites for hydroxylation is 1. The number of nitrogen functional groups attached to an aromatic ring is 1. The fourth-order valence-electron chi connectivity index (χ4n) is 4.47. The molecule has 0 radical (unpaired) electrons. The lowest BCUT2D eigenvalue weighted by Crippen LogP contribution is -2.46. The number of hydrogen-bond acceptors (Lipinski definition) is 8. The third-order valence-electron chi connectivity index (χ3n) is 5.99. The molecule has 0 amide bonds. The highest BCUT2D eigenvalue weighted by Crippen LogP contribution is 2.33. The Hall–Kier alpha value is -3.46. The molecule has 2 aromatic heterocycles. The molecule has 0 spiro atoms. The molecule has 8 nitrogen and oxygen atoms in total. The first-order valence-electron chi connectivity index (χ1n) is 10.4. The summed E-state index contributed by atoms with van der Waals surface area (Å²) in [6, 6.07) is 7.51. The van der Waals surface area contributed by atoms with Gasteiger partial charge >= 0.3 is 0 Å². The normalized spacial score (nSPS) is 14.3. The quantitative estimate of drug-likeness (QED) is 0.377. The molecule has 0 saturated carbocycles. The lowest BCUT2D eigenvalue weighted by atomic mass is 10.0. The van der Waals surface area contributed by atoms with Crippen molar-refractivity contribution in [3.63, 3.8) is 0 Å². The van der Waals surface area contributed by atoms with Crippen LogP contribution in [0, 0.1) is 6.92 Å². The number of piperazine rings is 1. The second-order valence-electron chi connectivity index (χ2n) is 7.88. The third-order valence-corrected chi connectivity index (χ3v) is 6.82. The summed E-state index contributed by atoms with van der Waals surface area (Å²) in [6.07, 6.45) is 1.83. The molecular weight excluding hydrogens is 426 g/mol. The van der Waals surface area contributed by atoms with Gasteiger partial charge in [-0.05, 0) is 36.8 Å². The maximum absolute atomic E-state index is 13.4. The van der Waals surface area contributed by atoms with Crippen LogP contribution in [0.3, 0.4) is 0 Å². The third kappa shape index (κ3) is 3.20. The summed E-state index contributed by atoms with van der Waals surface area (Å²) in [5.41, 5.74) is 10.2. The van der Waals surface area contributed by atoms with Gasteiger partial charge in [-0.25, -0.2) is 4.98 Å². The average Bonchev–Trinajstić information content (AvgIpc) is 3.34. The largest absolute Gasteiger partial charge is 0.496 e. The Morgan fingerprint density at radius 1 is 1.03 bits per heavy atom. The van der Waals surface area contributed by atoms with Crippen molar-refractivity contribution >= 4 is 49.6 Å². The molecule has 0 aliphatic carbocycles. The summed E-state index contributed by atoms with van der Waals surface area (Å²) in [4.78, 5) is 28.1. The van der Waals surface area contributed by atoms with Crippen LogP contribution in [0.1, 0.15) is 5.56 Å². The van der Waals surface area contributed by atoms with Gasteiger partial charge in [0.15, 0.2) is 5.13 Å². The minimum absolute atomic E-state index is 0.119. The summed E-state index contributed by atoms with van der Waals surface area (Å²) in [5.74, 6) is 0.527. The molecule has 1 saturated heterocycles. The summed E-state index contributed by atoms with van der Waals surface area (Å²) in [6.45, 7) is 5.30. The van der Waals surface area contributed by atoms with Gasteiger partial charge in [0.05, 0.1) is 40.3 Å². The standard InChI is InChI=1S/C23H25N5O3S/c1-14-10-19-21(20(11-14)30-2)22(29)15-12-16(24)18(13-17(15)28(19)31-3)26-5-7-27(8-6-26)23-25-4-9-32-23/h4,9-13H,5-8,24H2,1-3H3. The summed E-state index contributed by atoms with van der Waals surface area (Å²) in [5, 5.41) is 4.02. The van der Waals surface area contributed by atoms with Gasteiger partial charge in [-0.2, -0.15) is 4.73 Å². The Labute approximate surface area is 189 Å². The minimum Gasteiger partial charge on any atom is -0.496 e. The van der Waals surface area contributed by atoms with Crippen LogP contribution in [0.5, 0.6) is 5.75 Å². The van der Waals surface area contributed by atoms with Crippen molar-refractivity contribution in [1.29, 1.82) is 0 Å². The molecule has 1 aliphatic rings. The Balaban J connectivity index is 1.63. The predicted octanol–water partition coefficient (Wildman–Crippen LogP) is 2.90. The van der Waals surface area contributed by atoms with E-state index in [0.717, 1.165) is 42.6 Å². The number of ether oxygens (including phenoxy) is 1. The molecule has 1 aliphatic heterocycles. The smallest absolute Gasteiger partial charge is 0.201 e. The number of anilines is 3. The predicted molar refractivity (Wildman–Crippen MR) is 130 cm³/mol. The number of aromatic nitrogens is 2. The molecule has 2 aromatic carbocycles. The van der Waals surface area contributed by atoms with Crippen molar-refractivity contribution in [2.24, 2.45) is 0 Å². The van der Waals surface area contributed by atoms with Crippen LogP contribution in [0.15, 0.2) is 40.6 Å². The molecule has 9 heteroatoms. The van der Waals surface area contributed by atoms with Crippen molar-refractivity contribution in [2.45, 2.75) is 6.92 Å². The highest BCUT2D eigenvalue weighted by atomic mass is 32.1. The summed E-state index contributed by atoms with van der Waals surface area (Å²) >= 11 is 1.65. The zero-order valence-electron chi connectivity index (χ0n) is 18.3. The molecule has 0 atom stereocenters. The summed E-state index contributed by atoms with van der Waals surface area (Å²) in [7, 11) is 3.17. The van der Waals surface area contributed by atoms with Crippen molar-refractivity contribution in [3.05, 3.63) is 51.6 Å². The number of methoxy groups -OCH3 is 1. The van der Waals surface area contributed by atoms with Gasteiger partial charge in [-0.3, -0.25) is 4.79 Å². The van der Waals surface area contributed by atoms with Crippen LogP contribution in [-0.2, 0) is 0 Å². The number of thiazole rings is 1. The molecular formula is C23H25N5O3S. The van der Waals surface area contributed by atoms with Gasteiger partial charge in [0.1, 0.15) is 12.9 Å². The number of pyridine rings is 1. The van der Waals surface area contributed by atoms with Crippen molar-refractivity contribution in [1.82, 2.24) is 9.71 Å². The van der Waals surface area contributed by atoms with Gasteiger partial charge in [0.25, 0.3) is 0 Å². The van der Waals surface area contributed by atoms with Crippen molar-refractivity contribution in [3.8, 4) is 5.75 Å². The topological polar surface area (TPSA) is 85.9 Å². The number of hydrogen-bond donors (Lipinski definition) is 1. The molecule has 5 rings (SSSR count). The van der Waals surface area contributed by atoms with Crippen LogP contribution >= 0.6 is 11.3 Å². The maximum atomic E-state index is 13.4. The zero-order valence-corrected chi connectivity index (χ0v) is 19.1. The van der Waals surface area contributed by atoms with E-state index in [1.807, 2.05) is 36.7 Å². The average molecular weight is 452 g/mol. The van der Waals surface area contributed by atoms with Crippen molar-refractivity contribution < 1.29 is 9.57 Å². The minimum atomic E-state index is -0.119. The van der Waals surface area contributed by atoms with E-state index < -0.39 is 0 Å². The molecule has 0 bridgehead atoms. The van der Waals surface area contributed by atoms with E-state index in [9.17, 15) is 4.79 Å². The van der Waals surface area contributed by atoms with Crippen LogP contribution in [0.2, 0.25) is 0 Å². The van der Waals surface area contributed by atoms with E-state index in [4.69, 9.17) is 15.3 Å². The molecule has 32 heavy (non-hydrogen) atoms. The van der Waals surface area contributed by atoms with Crippen LogP contribution < -0.4 is 30.5 Å². The van der Waals surface area contributed by atoms with Gasteiger partial charge < -0.3 is 25.1 Å². The Morgan fingerprint density at radius 3 is 2.44 bits per heavy atom. The maximum Gasteiger partial charge on any atom is 0.201 e. The van der Waals surface area contributed by atoms with E-state index >= 15 is 0 Å². The molecule has 2 N–H and O–H groups in total. The second-order valence-corrected chi connectivity index (χ2v) is 8.76. The Kier molecular flexibility index (Phi) is 5.05. The monoisotopic (exact) mass is 451 g/mol. The Morgan fingerprint density at radius 2 is 1.78 bits per heavy atom. The van der Waals surface area contributed by atoms with Gasteiger partial charge in [-0.1, -0.05) is 0 Å². The van der Waals surface area contributed by atoms with Crippen LogP contribution in [0.25, 0.3) is 21.8 Å². The SMILES string of the molecule is COc1cc(C)cc2c1c(=O)c1cc(N)c(N3CCN(c4nccs4)CC3)cc1n2OC. The lowest BCUT2D eigenvalue weighted by molar-refractivity contribution is 0.189. The molecule has 1 fully saturated rings. The molecule has 166 valence electrons. The van der Waals surface area contributed by atoms with Crippen LogP contribution in [0.4, 0.5) is 16.5 Å². The van der Waals surface area contributed by atoms with Gasteiger partial charge in [-0.15, -0.1) is 11.3 Å². The number of fused-ring (bicyclic) bond motifs is 2. The highest BCUT2D eigenvalue weighted by Gasteiger charge is 2.23. The number of benzene rings is 2. The van der Waals surface area contributed by atoms with Crippen LogP contribution in [-0.4, -0.2) is 50.1 Å². The fourth-order valence-corrected chi connectivity index (χ4v) is 5.17. The van der Waals surface area contributed by atoms with E-state index in [1.54, 1.807) is 36.4 Å².